The van der Waals surface area contributed by atoms with Crippen molar-refractivity contribution in [2.75, 3.05) is 11.1 Å². The van der Waals surface area contributed by atoms with Crippen molar-refractivity contribution in [3.8, 4) is 11.3 Å². The van der Waals surface area contributed by atoms with Crippen LogP contribution >= 0.6 is 11.6 Å². The lowest BCUT2D eigenvalue weighted by Gasteiger charge is -2.13. The van der Waals surface area contributed by atoms with Crippen LogP contribution in [0, 0.1) is 24.3 Å². The topological polar surface area (TPSA) is 106 Å². The summed E-state index contributed by atoms with van der Waals surface area (Å²) in [7, 11) is 0. The summed E-state index contributed by atoms with van der Waals surface area (Å²) in [5, 5.41) is 12.0. The summed E-state index contributed by atoms with van der Waals surface area (Å²) >= 11 is 6.08. The number of hydrogen-bond donors (Lipinski definition) is 3. The second kappa shape index (κ2) is 8.13. The van der Waals surface area contributed by atoms with E-state index in [0.717, 1.165) is 34.9 Å². The molecule has 0 aliphatic rings. The van der Waals surface area contributed by atoms with E-state index in [0.29, 0.717) is 0 Å². The number of nitrogen functional groups attached to an aromatic ring is 1. The number of nitrogens with one attached hydrogen (secondary N) is 1. The third-order valence-electron chi connectivity index (χ3n) is 4.65. The first-order valence-corrected chi connectivity index (χ1v) is 9.33. The van der Waals surface area contributed by atoms with Crippen LogP contribution in [0.15, 0.2) is 42.6 Å². The molecule has 0 fully saturated rings. The Morgan fingerprint density at radius 3 is 2.78 bits per heavy atom. The molecule has 2 aromatic heterocycles. The largest absolute Gasteiger partial charge is 0.382 e. The fourth-order valence-corrected chi connectivity index (χ4v) is 3.37. The highest BCUT2D eigenvalue weighted by atomic mass is 35.5. The molecule has 4 aromatic rings. The van der Waals surface area contributed by atoms with Crippen LogP contribution in [0.1, 0.15) is 21.6 Å². The summed E-state index contributed by atoms with van der Waals surface area (Å²) in [4.78, 5) is 20.1. The van der Waals surface area contributed by atoms with E-state index < -0.39 is 53.4 Å². The summed E-state index contributed by atoms with van der Waals surface area (Å²) in [6, 6.07) is 6.59. The zero-order valence-corrected chi connectivity index (χ0v) is 16.7. The Balaban J connectivity index is 1.76. The predicted octanol–water partition coefficient (Wildman–Crippen LogP) is 4.03. The molecule has 0 radical (unpaired) electrons. The lowest BCUT2D eigenvalue weighted by Crippen LogP contribution is -2.21. The first-order valence-electron chi connectivity index (χ1n) is 10.5. The van der Waals surface area contributed by atoms with Gasteiger partial charge < -0.3 is 16.2 Å². The summed E-state index contributed by atoms with van der Waals surface area (Å²) in [6.45, 7) is -2.78. The van der Waals surface area contributed by atoms with Crippen LogP contribution < -0.4 is 11.1 Å². The van der Waals surface area contributed by atoms with Crippen LogP contribution in [-0.4, -0.2) is 25.4 Å². The monoisotopic (exact) mass is 464 g/mol. The molecule has 1 unspecified atom stereocenters. The maximum Gasteiger partial charge on any atom is 0.257 e. The Labute approximate surface area is 188 Å². The minimum absolute atomic E-state index is 0.0958. The van der Waals surface area contributed by atoms with Gasteiger partial charge in [0.15, 0.2) is 17.7 Å². The molecule has 0 spiro atoms. The van der Waals surface area contributed by atoms with Crippen molar-refractivity contribution in [2.24, 2.45) is 0 Å². The van der Waals surface area contributed by atoms with Crippen molar-refractivity contribution in [3.05, 3.63) is 76.6 Å². The molecule has 11 heteroatoms. The van der Waals surface area contributed by atoms with Gasteiger partial charge in [-0.25, -0.2) is 23.1 Å². The summed E-state index contributed by atoms with van der Waals surface area (Å²) in [6.07, 6.45) is -0.774. The van der Waals surface area contributed by atoms with Gasteiger partial charge in [-0.2, -0.15) is 0 Å². The average molecular weight is 465 g/mol. The molecule has 2 aromatic carbocycles. The van der Waals surface area contributed by atoms with E-state index in [2.05, 4.69) is 9.97 Å². The summed E-state index contributed by atoms with van der Waals surface area (Å²) in [5.74, 6) is -5.63. The molecule has 1 atom stereocenters. The van der Waals surface area contributed by atoms with Crippen LogP contribution in [0.4, 0.5) is 24.7 Å². The Morgan fingerprint density at radius 2 is 2.06 bits per heavy atom. The minimum Gasteiger partial charge on any atom is -0.382 e. The molecule has 7 nitrogen and oxygen atoms in total. The third-order valence-corrected chi connectivity index (χ3v) is 4.92. The third kappa shape index (κ3) is 3.63. The van der Waals surface area contributed by atoms with E-state index >= 15 is 4.39 Å². The molecule has 4 rings (SSSR count). The zero-order valence-electron chi connectivity index (χ0n) is 18.9. The number of imidazole rings is 1. The number of benzene rings is 2. The first kappa shape index (κ1) is 18.0. The van der Waals surface area contributed by atoms with Crippen LogP contribution in [0.25, 0.3) is 16.8 Å². The smallest absolute Gasteiger partial charge is 0.257 e. The number of amides is 1. The molecule has 0 aliphatic carbocycles. The lowest BCUT2D eigenvalue weighted by atomic mass is 10.1. The Hall–Kier alpha value is -3.63. The fraction of sp³-hybridized carbons (Fsp3) is 0.0952. The number of aryl methyl sites for hydroxylation is 1. The van der Waals surface area contributed by atoms with Crippen molar-refractivity contribution >= 4 is 34.5 Å². The average Bonchev–Trinajstić information content (AvgIpc) is 3.21. The number of hydrogen-bond acceptors (Lipinski definition) is 5. The van der Waals surface area contributed by atoms with E-state index in [-0.39, 0.29) is 27.7 Å². The molecule has 0 aliphatic heterocycles. The molecule has 1 amide bonds. The number of carbonyl (C=O) groups excluding carboxylic acids is 1. The van der Waals surface area contributed by atoms with Gasteiger partial charge in [0.1, 0.15) is 33.8 Å². The van der Waals surface area contributed by atoms with Gasteiger partial charge in [-0.15, -0.1) is 0 Å². The van der Waals surface area contributed by atoms with E-state index in [4.69, 9.17) is 21.4 Å². The van der Waals surface area contributed by atoms with Gasteiger partial charge >= 0.3 is 0 Å². The number of nitrogens with two attached hydrogens (primary N) is 1. The van der Waals surface area contributed by atoms with E-state index in [9.17, 15) is 18.7 Å². The highest BCUT2D eigenvalue weighted by Crippen LogP contribution is 2.34. The van der Waals surface area contributed by atoms with Crippen LogP contribution in [-0.2, 0) is 4.79 Å². The normalized spacial score (nSPS) is 14.0. The SMILES string of the molecule is [2H]C([2H])([2H])c1nc(-c2ccc(NC(=O)C(O)c3cccc(F)c3)c(F)c2F)c2c(N)ncc(Cl)n12. The number of rotatable bonds is 4. The second-order valence-corrected chi connectivity index (χ2v) is 7.06. The molecule has 4 N–H and O–H groups in total. The summed E-state index contributed by atoms with van der Waals surface area (Å²) < 4.78 is 67.4. The number of halogens is 4. The number of aromatic nitrogens is 3. The molecule has 2 heterocycles. The van der Waals surface area contributed by atoms with Gasteiger partial charge in [0.05, 0.1) is 11.9 Å². The second-order valence-electron chi connectivity index (χ2n) is 6.67. The molecule has 164 valence electrons. The standard InChI is InChI=1S/C21H15ClF3N5O2/c1-9-28-17(18-20(26)27-8-14(22)30(9)18)12-5-6-13(16(25)15(12)24)29-21(32)19(31)10-3-2-4-11(23)7-10/h2-8,19,31H,1H3,(H2,26,27)(H,29,32)/i1D3. The fourth-order valence-electron chi connectivity index (χ4n) is 3.15. The molecule has 32 heavy (non-hydrogen) atoms. The Morgan fingerprint density at radius 1 is 1.28 bits per heavy atom. The molecule has 0 saturated carbocycles. The predicted molar refractivity (Wildman–Crippen MR) is 112 cm³/mol. The number of aliphatic hydroxyl groups excluding tert-OH is 1. The lowest BCUT2D eigenvalue weighted by molar-refractivity contribution is -0.124. The number of nitrogens with zero attached hydrogens (tertiary/aromatic N) is 3. The van der Waals surface area contributed by atoms with Gasteiger partial charge in [-0.1, -0.05) is 23.7 Å². The number of carbonyl (C=O) groups is 1. The quantitative estimate of drug-likeness (QED) is 0.423. The van der Waals surface area contributed by atoms with Crippen molar-refractivity contribution < 1.29 is 27.2 Å². The van der Waals surface area contributed by atoms with E-state index in [1.54, 1.807) is 0 Å². The van der Waals surface area contributed by atoms with Crippen LogP contribution in [0.2, 0.25) is 5.15 Å². The molecular weight excluding hydrogens is 447 g/mol. The van der Waals surface area contributed by atoms with Crippen LogP contribution in [0.3, 0.4) is 0 Å². The van der Waals surface area contributed by atoms with Gasteiger partial charge in [0, 0.05) is 9.68 Å². The molecular formula is C21H15ClF3N5O2. The highest BCUT2D eigenvalue weighted by Gasteiger charge is 2.24. The molecule has 0 saturated heterocycles. The number of anilines is 2. The van der Waals surface area contributed by atoms with Crippen molar-refractivity contribution in [1.29, 1.82) is 0 Å². The Bertz CT molecular complexity index is 1480. The van der Waals surface area contributed by atoms with Crippen molar-refractivity contribution in [2.45, 2.75) is 13.0 Å². The zero-order chi connectivity index (χ0) is 25.7. The van der Waals surface area contributed by atoms with E-state index in [1.165, 1.54) is 12.1 Å². The van der Waals surface area contributed by atoms with Gasteiger partial charge in [-0.3, -0.25) is 9.20 Å². The first-order chi connectivity index (χ1) is 16.4. The van der Waals surface area contributed by atoms with Gasteiger partial charge in [0.25, 0.3) is 5.91 Å². The van der Waals surface area contributed by atoms with Crippen molar-refractivity contribution in [1.82, 2.24) is 14.4 Å². The number of aliphatic hydroxyl groups is 1. The van der Waals surface area contributed by atoms with Gasteiger partial charge in [-0.05, 0) is 36.7 Å². The Kier molecular flexibility index (Phi) is 4.57. The minimum atomic E-state index is -2.78. The maximum absolute atomic E-state index is 15.1. The maximum atomic E-state index is 15.1. The van der Waals surface area contributed by atoms with E-state index in [1.807, 2.05) is 5.32 Å². The van der Waals surface area contributed by atoms with Crippen LogP contribution in [0.5, 0.6) is 0 Å². The van der Waals surface area contributed by atoms with Crippen molar-refractivity contribution in [3.63, 3.8) is 0 Å². The highest BCUT2D eigenvalue weighted by molar-refractivity contribution is 6.29. The van der Waals surface area contributed by atoms with Gasteiger partial charge in [0.2, 0.25) is 0 Å². The number of fused-ring (bicyclic) bond motifs is 1. The molecule has 0 bridgehead atoms. The summed E-state index contributed by atoms with van der Waals surface area (Å²) in [5.41, 5.74) is 4.17.